The van der Waals surface area contributed by atoms with E-state index in [1.54, 1.807) is 6.20 Å². The zero-order valence-electron chi connectivity index (χ0n) is 22.3. The number of aliphatic imine (C=N–C) groups is 1. The Balaban J connectivity index is 1.35. The SMILES string of the molecule is C=N/C=C\C=C(/C)c1ccc(Nc2ccc3c(c2)C2(c4ccccc4O3)c3ccccc3-c3ccccc32)cc1. The maximum absolute atomic E-state index is 6.53. The first-order chi connectivity index (χ1) is 19.7. The zero-order chi connectivity index (χ0) is 27.1. The Morgan fingerprint density at radius 1 is 0.700 bits per heavy atom. The molecule has 0 bridgehead atoms. The minimum Gasteiger partial charge on any atom is -0.457 e. The molecule has 5 aromatic rings. The Morgan fingerprint density at radius 2 is 1.30 bits per heavy atom. The molecule has 1 aliphatic carbocycles. The fourth-order valence-corrected chi connectivity index (χ4v) is 6.26. The summed E-state index contributed by atoms with van der Waals surface area (Å²) in [7, 11) is 0. The van der Waals surface area contributed by atoms with Crippen LogP contribution in [0.5, 0.6) is 11.5 Å². The first kappa shape index (κ1) is 23.9. The van der Waals surface area contributed by atoms with Crippen LogP contribution in [0.4, 0.5) is 11.4 Å². The molecule has 40 heavy (non-hydrogen) atoms. The molecule has 0 saturated heterocycles. The molecule has 0 fully saturated rings. The van der Waals surface area contributed by atoms with Gasteiger partial charge in [-0.1, -0.05) is 84.9 Å². The normalized spacial score (nSPS) is 14.2. The van der Waals surface area contributed by atoms with Gasteiger partial charge in [-0.3, -0.25) is 4.99 Å². The molecular weight excluding hydrogens is 488 g/mol. The van der Waals surface area contributed by atoms with E-state index in [9.17, 15) is 0 Å². The molecule has 1 aliphatic heterocycles. The van der Waals surface area contributed by atoms with E-state index in [2.05, 4.69) is 133 Å². The Bertz CT molecular complexity index is 1780. The number of para-hydroxylation sites is 1. The molecule has 1 spiro atoms. The second kappa shape index (κ2) is 9.55. The molecule has 0 atom stereocenters. The van der Waals surface area contributed by atoms with Gasteiger partial charge in [0.25, 0.3) is 0 Å². The Labute approximate surface area is 234 Å². The molecule has 1 heterocycles. The van der Waals surface area contributed by atoms with Gasteiger partial charge in [0.05, 0.1) is 5.41 Å². The largest absolute Gasteiger partial charge is 0.457 e. The average molecular weight is 517 g/mol. The number of ether oxygens (including phenoxy) is 1. The van der Waals surface area contributed by atoms with Crippen molar-refractivity contribution in [1.29, 1.82) is 0 Å². The third-order valence-electron chi connectivity index (χ3n) is 8.01. The van der Waals surface area contributed by atoms with Gasteiger partial charge in [0, 0.05) is 28.7 Å². The van der Waals surface area contributed by atoms with Crippen LogP contribution < -0.4 is 10.1 Å². The second-order valence-corrected chi connectivity index (χ2v) is 10.2. The van der Waals surface area contributed by atoms with Crippen molar-refractivity contribution in [2.45, 2.75) is 12.3 Å². The summed E-state index contributed by atoms with van der Waals surface area (Å²) >= 11 is 0. The Hall–Kier alpha value is -5.15. The first-order valence-corrected chi connectivity index (χ1v) is 13.5. The van der Waals surface area contributed by atoms with Crippen LogP contribution in [-0.4, -0.2) is 6.72 Å². The molecule has 192 valence electrons. The van der Waals surface area contributed by atoms with Gasteiger partial charge in [-0.05, 0) is 89.5 Å². The fraction of sp³-hybridized carbons (Fsp3) is 0.0541. The second-order valence-electron chi connectivity index (χ2n) is 10.2. The maximum atomic E-state index is 6.53. The molecule has 0 radical (unpaired) electrons. The predicted molar refractivity (Wildman–Crippen MR) is 166 cm³/mol. The quantitative estimate of drug-likeness (QED) is 0.183. The third-order valence-corrected chi connectivity index (χ3v) is 8.01. The summed E-state index contributed by atoms with van der Waals surface area (Å²) < 4.78 is 6.53. The molecule has 5 aromatic carbocycles. The molecular formula is C37H28N2O. The number of allylic oxidation sites excluding steroid dienone is 3. The van der Waals surface area contributed by atoms with Crippen LogP contribution in [0, 0.1) is 0 Å². The molecule has 2 aliphatic rings. The van der Waals surface area contributed by atoms with Crippen molar-refractivity contribution < 1.29 is 4.74 Å². The van der Waals surface area contributed by atoms with Crippen LogP contribution in [0.15, 0.2) is 139 Å². The highest BCUT2D eigenvalue weighted by Crippen LogP contribution is 2.62. The van der Waals surface area contributed by atoms with E-state index in [0.29, 0.717) is 0 Å². The molecule has 3 nitrogen and oxygen atoms in total. The first-order valence-electron chi connectivity index (χ1n) is 13.5. The van der Waals surface area contributed by atoms with Crippen molar-refractivity contribution in [2.75, 3.05) is 5.32 Å². The summed E-state index contributed by atoms with van der Waals surface area (Å²) in [4.78, 5) is 3.76. The van der Waals surface area contributed by atoms with Crippen molar-refractivity contribution in [1.82, 2.24) is 0 Å². The minimum absolute atomic E-state index is 0.464. The van der Waals surface area contributed by atoms with Gasteiger partial charge in [-0.15, -0.1) is 0 Å². The summed E-state index contributed by atoms with van der Waals surface area (Å²) in [6, 6.07) is 41.0. The van der Waals surface area contributed by atoms with Crippen LogP contribution >= 0.6 is 0 Å². The topological polar surface area (TPSA) is 33.6 Å². The highest BCUT2D eigenvalue weighted by molar-refractivity contribution is 5.89. The van der Waals surface area contributed by atoms with Gasteiger partial charge < -0.3 is 10.1 Å². The van der Waals surface area contributed by atoms with E-state index < -0.39 is 5.41 Å². The Morgan fingerprint density at radius 3 is 2.00 bits per heavy atom. The van der Waals surface area contributed by atoms with Gasteiger partial charge in [-0.2, -0.15) is 0 Å². The maximum Gasteiger partial charge on any atom is 0.132 e. The summed E-state index contributed by atoms with van der Waals surface area (Å²) in [5, 5.41) is 3.64. The molecule has 0 saturated carbocycles. The average Bonchev–Trinajstić information content (AvgIpc) is 3.29. The smallest absolute Gasteiger partial charge is 0.132 e. The number of anilines is 2. The summed E-state index contributed by atoms with van der Waals surface area (Å²) in [5.74, 6) is 1.79. The minimum atomic E-state index is -0.464. The zero-order valence-corrected chi connectivity index (χ0v) is 22.3. The highest BCUT2D eigenvalue weighted by atomic mass is 16.5. The van der Waals surface area contributed by atoms with Crippen molar-refractivity contribution in [3.8, 4) is 22.6 Å². The van der Waals surface area contributed by atoms with Crippen molar-refractivity contribution in [2.24, 2.45) is 4.99 Å². The van der Waals surface area contributed by atoms with Crippen LogP contribution in [0.2, 0.25) is 0 Å². The lowest BCUT2D eigenvalue weighted by molar-refractivity contribution is 0.436. The van der Waals surface area contributed by atoms with Crippen molar-refractivity contribution >= 4 is 23.7 Å². The van der Waals surface area contributed by atoms with Gasteiger partial charge >= 0.3 is 0 Å². The lowest BCUT2D eigenvalue weighted by Gasteiger charge is -2.39. The van der Waals surface area contributed by atoms with E-state index in [1.165, 1.54) is 27.8 Å². The molecule has 3 heteroatoms. The fourth-order valence-electron chi connectivity index (χ4n) is 6.26. The molecule has 0 unspecified atom stereocenters. The summed E-state index contributed by atoms with van der Waals surface area (Å²) in [6.07, 6.45) is 5.62. The molecule has 0 amide bonds. The number of rotatable bonds is 5. The summed E-state index contributed by atoms with van der Waals surface area (Å²) in [5.41, 5.74) is 11.3. The van der Waals surface area contributed by atoms with Gasteiger partial charge in [-0.25, -0.2) is 0 Å². The molecule has 7 rings (SSSR count). The van der Waals surface area contributed by atoms with Crippen molar-refractivity contribution in [3.63, 3.8) is 0 Å². The van der Waals surface area contributed by atoms with Crippen LogP contribution in [0.25, 0.3) is 16.7 Å². The number of fused-ring (bicyclic) bond motifs is 9. The lowest BCUT2D eigenvalue weighted by atomic mass is 9.66. The predicted octanol–water partition coefficient (Wildman–Crippen LogP) is 9.52. The van der Waals surface area contributed by atoms with Crippen LogP contribution in [0.1, 0.15) is 34.7 Å². The van der Waals surface area contributed by atoms with Gasteiger partial charge in [0.15, 0.2) is 0 Å². The summed E-state index contributed by atoms with van der Waals surface area (Å²) in [6.45, 7) is 5.57. The van der Waals surface area contributed by atoms with Crippen LogP contribution in [-0.2, 0) is 5.41 Å². The number of hydrogen-bond donors (Lipinski definition) is 1. The van der Waals surface area contributed by atoms with Gasteiger partial charge in [0.1, 0.15) is 11.5 Å². The molecule has 0 aromatic heterocycles. The number of nitrogens with one attached hydrogen (secondary N) is 1. The van der Waals surface area contributed by atoms with Gasteiger partial charge in [0.2, 0.25) is 0 Å². The highest BCUT2D eigenvalue weighted by Gasteiger charge is 2.50. The number of benzene rings is 5. The number of hydrogen-bond acceptors (Lipinski definition) is 3. The van der Waals surface area contributed by atoms with E-state index in [1.807, 2.05) is 18.2 Å². The van der Waals surface area contributed by atoms with E-state index >= 15 is 0 Å². The monoisotopic (exact) mass is 516 g/mol. The van der Waals surface area contributed by atoms with Crippen molar-refractivity contribution in [3.05, 3.63) is 161 Å². The number of nitrogens with zero attached hydrogens (tertiary/aromatic N) is 1. The lowest BCUT2D eigenvalue weighted by Crippen LogP contribution is -2.32. The van der Waals surface area contributed by atoms with E-state index in [0.717, 1.165) is 39.6 Å². The molecule has 1 N–H and O–H groups in total. The van der Waals surface area contributed by atoms with Crippen LogP contribution in [0.3, 0.4) is 0 Å². The Kier molecular flexibility index (Phi) is 5.71. The van der Waals surface area contributed by atoms with E-state index in [4.69, 9.17) is 4.74 Å². The van der Waals surface area contributed by atoms with E-state index in [-0.39, 0.29) is 0 Å². The standard InChI is InChI=1S/C37H28N2O/c1-25(10-9-23-38-2)26-17-19-27(20-18-26)39-28-21-22-36-34(24-28)37(33-15-7-8-16-35(33)40-36)31-13-5-3-11-29(31)30-12-4-6-14-32(30)37/h3-24,39H,2H2,1H3/b23-9-,25-10+. The third kappa shape index (κ3) is 3.63.